The Kier molecular flexibility index (Phi) is 4.73. The predicted octanol–water partition coefficient (Wildman–Crippen LogP) is 3.54. The molecule has 0 spiro atoms. The van der Waals surface area contributed by atoms with E-state index in [1.165, 1.54) is 5.56 Å². The van der Waals surface area contributed by atoms with E-state index in [0.717, 1.165) is 33.6 Å². The van der Waals surface area contributed by atoms with Crippen LogP contribution in [0.15, 0.2) is 18.3 Å². The molecule has 2 unspecified atom stereocenters. The lowest BCUT2D eigenvalue weighted by atomic mass is 10.1. The summed E-state index contributed by atoms with van der Waals surface area (Å²) in [6.07, 6.45) is 2.95. The van der Waals surface area contributed by atoms with Gasteiger partial charge in [0, 0.05) is 23.7 Å². The van der Waals surface area contributed by atoms with Crippen molar-refractivity contribution in [3.8, 4) is 5.75 Å². The number of nitrogens with one attached hydrogen (secondary N) is 1. The number of anilines is 1. The third kappa shape index (κ3) is 3.75. The van der Waals surface area contributed by atoms with E-state index in [0.29, 0.717) is 29.9 Å². The van der Waals surface area contributed by atoms with Crippen LogP contribution in [0.1, 0.15) is 51.0 Å². The number of ether oxygens (including phenoxy) is 1. The van der Waals surface area contributed by atoms with E-state index in [1.54, 1.807) is 18.4 Å². The zero-order chi connectivity index (χ0) is 19.0. The molecule has 2 atom stereocenters. The number of rotatable bonds is 6. The summed E-state index contributed by atoms with van der Waals surface area (Å²) in [5.41, 5.74) is 3.24. The van der Waals surface area contributed by atoms with Crippen LogP contribution in [-0.4, -0.2) is 32.3 Å². The Bertz CT molecular complexity index is 955. The molecule has 7 nitrogen and oxygen atoms in total. The maximum atomic E-state index is 5.69. The first-order valence-electron chi connectivity index (χ1n) is 8.93. The Balaban J connectivity index is 1.57. The molecular formula is C19H22N6OS. The van der Waals surface area contributed by atoms with Gasteiger partial charge in [0.25, 0.3) is 0 Å². The Hall–Kier alpha value is -2.61. The van der Waals surface area contributed by atoms with E-state index in [9.17, 15) is 0 Å². The molecule has 3 heterocycles. The number of aromatic nitrogens is 5. The highest BCUT2D eigenvalue weighted by atomic mass is 32.1. The second-order valence-corrected chi connectivity index (χ2v) is 8.08. The lowest BCUT2D eigenvalue weighted by molar-refractivity contribution is 0.405. The van der Waals surface area contributed by atoms with Gasteiger partial charge in [0.05, 0.1) is 19.3 Å². The molecule has 0 radical (unpaired) electrons. The fourth-order valence-electron chi connectivity index (χ4n) is 3.25. The fourth-order valence-corrected chi connectivity index (χ4v) is 3.90. The van der Waals surface area contributed by atoms with Crippen molar-refractivity contribution in [2.45, 2.75) is 45.6 Å². The average Bonchev–Trinajstić information content (AvgIpc) is 3.34. The monoisotopic (exact) mass is 382 g/mol. The molecule has 0 saturated heterocycles. The minimum atomic E-state index is 0.307. The Labute approximate surface area is 162 Å². The molecule has 8 heteroatoms. The van der Waals surface area contributed by atoms with Gasteiger partial charge in [0.1, 0.15) is 15.8 Å². The highest BCUT2D eigenvalue weighted by Crippen LogP contribution is 2.56. The van der Waals surface area contributed by atoms with Crippen molar-refractivity contribution >= 4 is 17.2 Å². The number of methoxy groups -OCH3 is 1. The van der Waals surface area contributed by atoms with Crippen LogP contribution in [-0.2, 0) is 6.54 Å². The van der Waals surface area contributed by atoms with Gasteiger partial charge in [-0.05, 0) is 38.8 Å². The number of aryl methyl sites for hydroxylation is 3. The Morgan fingerprint density at radius 3 is 2.67 bits per heavy atom. The van der Waals surface area contributed by atoms with Gasteiger partial charge >= 0.3 is 0 Å². The Morgan fingerprint density at radius 2 is 2.00 bits per heavy atom. The summed E-state index contributed by atoms with van der Waals surface area (Å²) in [6, 6.07) is 4.22. The zero-order valence-corrected chi connectivity index (χ0v) is 16.7. The number of nitrogens with zero attached hydrogens (tertiary/aromatic N) is 5. The van der Waals surface area contributed by atoms with E-state index in [2.05, 4.69) is 49.5 Å². The first kappa shape index (κ1) is 17.8. The third-order valence-electron chi connectivity index (χ3n) is 4.64. The highest BCUT2D eigenvalue weighted by Gasteiger charge is 2.44. The summed E-state index contributed by atoms with van der Waals surface area (Å²) < 4.78 is 5.69. The van der Waals surface area contributed by atoms with Crippen molar-refractivity contribution in [3.05, 3.63) is 51.1 Å². The molecule has 140 valence electrons. The van der Waals surface area contributed by atoms with Crippen LogP contribution in [0.2, 0.25) is 0 Å². The van der Waals surface area contributed by atoms with Gasteiger partial charge in [-0.3, -0.25) is 4.98 Å². The molecule has 1 aliphatic carbocycles. The van der Waals surface area contributed by atoms with Gasteiger partial charge in [-0.25, -0.2) is 9.97 Å². The molecule has 3 aromatic rings. The number of hydrogen-bond donors (Lipinski definition) is 1. The normalized spacial score (nSPS) is 18.4. The maximum absolute atomic E-state index is 5.69. The molecule has 0 aliphatic heterocycles. The van der Waals surface area contributed by atoms with Gasteiger partial charge in [-0.15, -0.1) is 10.2 Å². The molecule has 1 aliphatic rings. The molecular weight excluding hydrogens is 360 g/mol. The summed E-state index contributed by atoms with van der Waals surface area (Å²) in [5.74, 6) is 2.83. The number of hydrogen-bond acceptors (Lipinski definition) is 8. The summed E-state index contributed by atoms with van der Waals surface area (Å²) in [6.45, 7) is 6.46. The van der Waals surface area contributed by atoms with E-state index in [-0.39, 0.29) is 0 Å². The van der Waals surface area contributed by atoms with Crippen LogP contribution in [0.5, 0.6) is 5.75 Å². The van der Waals surface area contributed by atoms with Gasteiger partial charge in [-0.1, -0.05) is 17.4 Å². The summed E-state index contributed by atoms with van der Waals surface area (Å²) in [4.78, 5) is 13.8. The molecule has 1 N–H and O–H groups in total. The van der Waals surface area contributed by atoms with Crippen molar-refractivity contribution in [2.24, 2.45) is 0 Å². The average molecular weight is 382 g/mol. The van der Waals surface area contributed by atoms with Crippen LogP contribution in [0.25, 0.3) is 0 Å². The third-order valence-corrected chi connectivity index (χ3v) is 5.48. The largest absolute Gasteiger partial charge is 0.491 e. The van der Waals surface area contributed by atoms with Crippen LogP contribution in [0.4, 0.5) is 5.82 Å². The molecule has 27 heavy (non-hydrogen) atoms. The molecule has 0 aromatic carbocycles. The SMILES string of the molecule is COc1c(NCc2nnc(C)s2)nc(C)nc1C1CC1c1ccc(C)cn1. The van der Waals surface area contributed by atoms with Crippen molar-refractivity contribution in [3.63, 3.8) is 0 Å². The zero-order valence-electron chi connectivity index (χ0n) is 15.9. The van der Waals surface area contributed by atoms with Gasteiger partial charge in [0.15, 0.2) is 11.6 Å². The van der Waals surface area contributed by atoms with Crippen LogP contribution >= 0.6 is 11.3 Å². The molecule has 1 saturated carbocycles. The minimum absolute atomic E-state index is 0.307. The van der Waals surface area contributed by atoms with E-state index >= 15 is 0 Å². The minimum Gasteiger partial charge on any atom is -0.491 e. The van der Waals surface area contributed by atoms with Crippen molar-refractivity contribution in [1.29, 1.82) is 0 Å². The molecule has 0 amide bonds. The van der Waals surface area contributed by atoms with Gasteiger partial charge < -0.3 is 10.1 Å². The first-order valence-corrected chi connectivity index (χ1v) is 9.74. The first-order chi connectivity index (χ1) is 13.0. The second kappa shape index (κ2) is 7.19. The quantitative estimate of drug-likeness (QED) is 0.698. The standard InChI is InChI=1S/C19H22N6OS/c1-10-5-6-15(20-8-10)13-7-14(13)17-18(26-4)19(23-11(2)22-17)21-9-16-25-24-12(3)27-16/h5-6,8,13-14H,7,9H2,1-4H3,(H,21,22,23). The summed E-state index contributed by atoms with van der Waals surface area (Å²) in [5, 5.41) is 13.4. The van der Waals surface area contributed by atoms with Gasteiger partial charge in [0.2, 0.25) is 0 Å². The lowest BCUT2D eigenvalue weighted by Crippen LogP contribution is -2.08. The second-order valence-electron chi connectivity index (χ2n) is 6.82. The fraction of sp³-hybridized carbons (Fsp3) is 0.421. The Morgan fingerprint density at radius 1 is 1.15 bits per heavy atom. The smallest absolute Gasteiger partial charge is 0.183 e. The molecule has 4 rings (SSSR count). The number of pyridine rings is 1. The predicted molar refractivity (Wildman–Crippen MR) is 104 cm³/mol. The van der Waals surface area contributed by atoms with Crippen LogP contribution < -0.4 is 10.1 Å². The lowest BCUT2D eigenvalue weighted by Gasteiger charge is -2.14. The molecule has 3 aromatic heterocycles. The van der Waals surface area contributed by atoms with Gasteiger partial charge in [-0.2, -0.15) is 0 Å². The van der Waals surface area contributed by atoms with E-state index in [1.807, 2.05) is 20.0 Å². The summed E-state index contributed by atoms with van der Waals surface area (Å²) >= 11 is 1.57. The van der Waals surface area contributed by atoms with Crippen molar-refractivity contribution < 1.29 is 4.74 Å². The van der Waals surface area contributed by atoms with E-state index < -0.39 is 0 Å². The van der Waals surface area contributed by atoms with Crippen LogP contribution in [0, 0.1) is 20.8 Å². The van der Waals surface area contributed by atoms with Crippen molar-refractivity contribution in [2.75, 3.05) is 12.4 Å². The van der Waals surface area contributed by atoms with Crippen molar-refractivity contribution in [1.82, 2.24) is 25.1 Å². The molecule has 0 bridgehead atoms. The topological polar surface area (TPSA) is 85.7 Å². The summed E-state index contributed by atoms with van der Waals surface area (Å²) in [7, 11) is 1.67. The highest BCUT2D eigenvalue weighted by molar-refractivity contribution is 7.11. The maximum Gasteiger partial charge on any atom is 0.183 e. The van der Waals surface area contributed by atoms with Crippen LogP contribution in [0.3, 0.4) is 0 Å². The van der Waals surface area contributed by atoms with E-state index in [4.69, 9.17) is 4.74 Å². The molecule has 1 fully saturated rings.